The third kappa shape index (κ3) is 5.80. The molecule has 0 spiro atoms. The number of methoxy groups -OCH3 is 1. The maximum atomic E-state index is 12.8. The van der Waals surface area contributed by atoms with E-state index in [2.05, 4.69) is 10.3 Å². The van der Waals surface area contributed by atoms with E-state index in [0.717, 1.165) is 21.8 Å². The molecular formula is C23H18ClN3O3S3. The summed E-state index contributed by atoms with van der Waals surface area (Å²) in [6.45, 7) is -0.177. The summed E-state index contributed by atoms with van der Waals surface area (Å²) in [5.41, 5.74) is 1.83. The van der Waals surface area contributed by atoms with E-state index in [0.29, 0.717) is 25.8 Å². The summed E-state index contributed by atoms with van der Waals surface area (Å²) in [6, 6.07) is 14.9. The second kappa shape index (κ2) is 10.5. The van der Waals surface area contributed by atoms with Crippen LogP contribution in [0.15, 0.2) is 59.6 Å². The topological polar surface area (TPSA) is 71.5 Å². The highest BCUT2D eigenvalue weighted by atomic mass is 35.5. The Balaban J connectivity index is 1.37. The van der Waals surface area contributed by atoms with Gasteiger partial charge in [0.2, 0.25) is 5.91 Å². The standard InChI is InChI=1S/C23H18ClN3O3S3/c1-30-16-8-6-14(7-9-16)10-19-21(29)27(23(31)33-19)13-20(28)26-22-25-12-17(32-22)11-15-4-2-3-5-18(15)24/h2-10,12H,11,13H2,1H3,(H,25,26,28). The average molecular weight is 516 g/mol. The summed E-state index contributed by atoms with van der Waals surface area (Å²) in [6.07, 6.45) is 4.08. The van der Waals surface area contributed by atoms with Gasteiger partial charge in [-0.2, -0.15) is 0 Å². The second-order valence-electron chi connectivity index (χ2n) is 6.99. The lowest BCUT2D eigenvalue weighted by atomic mass is 10.1. The summed E-state index contributed by atoms with van der Waals surface area (Å²) >= 11 is 14.1. The van der Waals surface area contributed by atoms with Crippen LogP contribution in [-0.4, -0.2) is 39.7 Å². The van der Waals surface area contributed by atoms with Crippen molar-refractivity contribution in [1.82, 2.24) is 9.88 Å². The average Bonchev–Trinajstić information content (AvgIpc) is 3.35. The molecule has 0 aliphatic carbocycles. The fraction of sp³-hybridized carbons (Fsp3) is 0.130. The molecule has 1 aromatic heterocycles. The van der Waals surface area contributed by atoms with Crippen LogP contribution in [0.3, 0.4) is 0 Å². The number of ether oxygens (including phenoxy) is 1. The highest BCUT2D eigenvalue weighted by Gasteiger charge is 2.33. The molecule has 1 aliphatic heterocycles. The fourth-order valence-electron chi connectivity index (χ4n) is 3.07. The molecule has 6 nitrogen and oxygen atoms in total. The molecule has 0 radical (unpaired) electrons. The van der Waals surface area contributed by atoms with Gasteiger partial charge in [0.1, 0.15) is 16.6 Å². The summed E-state index contributed by atoms with van der Waals surface area (Å²) in [5, 5.41) is 3.90. The van der Waals surface area contributed by atoms with Crippen molar-refractivity contribution in [2.45, 2.75) is 6.42 Å². The minimum atomic E-state index is -0.365. The number of halogens is 1. The van der Waals surface area contributed by atoms with E-state index in [4.69, 9.17) is 28.6 Å². The molecule has 1 N–H and O–H groups in total. The van der Waals surface area contributed by atoms with E-state index in [9.17, 15) is 9.59 Å². The van der Waals surface area contributed by atoms with Crippen molar-refractivity contribution in [2.75, 3.05) is 19.0 Å². The summed E-state index contributed by atoms with van der Waals surface area (Å²) in [7, 11) is 1.59. The second-order valence-corrected chi connectivity index (χ2v) is 10.2. The number of amides is 2. The Kier molecular flexibility index (Phi) is 7.44. The van der Waals surface area contributed by atoms with Crippen molar-refractivity contribution in [1.29, 1.82) is 0 Å². The van der Waals surface area contributed by atoms with Gasteiger partial charge in [-0.05, 0) is 35.4 Å². The molecule has 0 bridgehead atoms. The lowest BCUT2D eigenvalue weighted by Crippen LogP contribution is -2.36. The number of hydrogen-bond donors (Lipinski definition) is 1. The quantitative estimate of drug-likeness (QED) is 0.343. The van der Waals surface area contributed by atoms with Crippen molar-refractivity contribution in [3.05, 3.63) is 80.7 Å². The summed E-state index contributed by atoms with van der Waals surface area (Å²) < 4.78 is 5.49. The number of hydrogen-bond acceptors (Lipinski definition) is 7. The number of nitrogens with zero attached hydrogens (tertiary/aromatic N) is 2. The highest BCUT2D eigenvalue weighted by Crippen LogP contribution is 2.33. The number of aromatic nitrogens is 1. The first-order chi connectivity index (χ1) is 15.9. The predicted molar refractivity (Wildman–Crippen MR) is 138 cm³/mol. The zero-order valence-corrected chi connectivity index (χ0v) is 20.6. The number of carbonyl (C=O) groups is 2. The van der Waals surface area contributed by atoms with Gasteiger partial charge in [0.15, 0.2) is 5.13 Å². The van der Waals surface area contributed by atoms with E-state index in [1.165, 1.54) is 28.0 Å². The van der Waals surface area contributed by atoms with Crippen molar-refractivity contribution in [3.8, 4) is 5.75 Å². The summed E-state index contributed by atoms with van der Waals surface area (Å²) in [5.74, 6) is 0.0683. The van der Waals surface area contributed by atoms with E-state index < -0.39 is 0 Å². The van der Waals surface area contributed by atoms with Gasteiger partial charge in [0.05, 0.1) is 12.0 Å². The number of nitrogens with one attached hydrogen (secondary N) is 1. The van der Waals surface area contributed by atoms with Gasteiger partial charge in [0.25, 0.3) is 5.91 Å². The molecule has 2 amide bonds. The Labute approximate surface area is 209 Å². The first kappa shape index (κ1) is 23.4. The monoisotopic (exact) mass is 515 g/mol. The van der Waals surface area contributed by atoms with Crippen LogP contribution in [0.2, 0.25) is 5.02 Å². The number of thioether (sulfide) groups is 1. The van der Waals surface area contributed by atoms with Crippen LogP contribution in [0, 0.1) is 0 Å². The zero-order valence-electron chi connectivity index (χ0n) is 17.4. The maximum Gasteiger partial charge on any atom is 0.266 e. The molecule has 33 heavy (non-hydrogen) atoms. The van der Waals surface area contributed by atoms with Crippen molar-refractivity contribution in [3.63, 3.8) is 0 Å². The van der Waals surface area contributed by atoms with Gasteiger partial charge < -0.3 is 10.1 Å². The Hall–Kier alpha value is -2.72. The van der Waals surface area contributed by atoms with Crippen molar-refractivity contribution < 1.29 is 14.3 Å². The number of rotatable bonds is 7. The Bertz CT molecular complexity index is 1240. The van der Waals surface area contributed by atoms with Gasteiger partial charge in [-0.1, -0.05) is 65.9 Å². The molecule has 1 aliphatic rings. The first-order valence-electron chi connectivity index (χ1n) is 9.80. The summed E-state index contributed by atoms with van der Waals surface area (Å²) in [4.78, 5) is 32.3. The Morgan fingerprint density at radius 2 is 2.00 bits per heavy atom. The normalized spacial score (nSPS) is 14.7. The molecular weight excluding hydrogens is 498 g/mol. The number of anilines is 1. The predicted octanol–water partition coefficient (Wildman–Crippen LogP) is 5.24. The Morgan fingerprint density at radius 3 is 2.73 bits per heavy atom. The smallest absolute Gasteiger partial charge is 0.266 e. The number of thiazole rings is 1. The number of carbonyl (C=O) groups excluding carboxylic acids is 2. The van der Waals surface area contributed by atoms with Crippen molar-refractivity contribution in [2.24, 2.45) is 0 Å². The SMILES string of the molecule is COc1ccc(C=C2SC(=S)N(CC(=O)Nc3ncc(Cc4ccccc4Cl)s3)C2=O)cc1. The molecule has 4 rings (SSSR count). The molecule has 1 saturated heterocycles. The first-order valence-corrected chi connectivity index (χ1v) is 12.2. The van der Waals surface area contributed by atoms with Gasteiger partial charge >= 0.3 is 0 Å². The van der Waals surface area contributed by atoms with Gasteiger partial charge in [-0.25, -0.2) is 4.98 Å². The van der Waals surface area contributed by atoms with Crippen LogP contribution in [0.1, 0.15) is 16.0 Å². The van der Waals surface area contributed by atoms with Crippen LogP contribution in [-0.2, 0) is 16.0 Å². The van der Waals surface area contributed by atoms with Crippen LogP contribution in [0.4, 0.5) is 5.13 Å². The van der Waals surface area contributed by atoms with Crippen molar-refractivity contribution >= 4 is 74.3 Å². The molecule has 0 unspecified atom stereocenters. The fourth-order valence-corrected chi connectivity index (χ4v) is 5.38. The van der Waals surface area contributed by atoms with Crippen LogP contribution < -0.4 is 10.1 Å². The lowest BCUT2D eigenvalue weighted by molar-refractivity contribution is -0.126. The third-order valence-corrected chi connectivity index (χ3v) is 7.37. The molecule has 0 saturated carbocycles. The molecule has 2 aromatic carbocycles. The van der Waals surface area contributed by atoms with Gasteiger partial charge in [0, 0.05) is 22.5 Å². The molecule has 3 aromatic rings. The third-order valence-electron chi connectivity index (χ3n) is 4.71. The minimum Gasteiger partial charge on any atom is -0.497 e. The Morgan fingerprint density at radius 1 is 1.24 bits per heavy atom. The molecule has 2 heterocycles. The van der Waals surface area contributed by atoms with E-state index in [1.54, 1.807) is 19.4 Å². The largest absolute Gasteiger partial charge is 0.497 e. The minimum absolute atomic E-state index is 0.177. The van der Waals surface area contributed by atoms with Gasteiger partial charge in [-0.15, -0.1) is 11.3 Å². The number of thiocarbonyl (C=S) groups is 1. The van der Waals surface area contributed by atoms with Crippen LogP contribution >= 0.6 is 46.9 Å². The van der Waals surface area contributed by atoms with E-state index >= 15 is 0 Å². The van der Waals surface area contributed by atoms with E-state index in [1.807, 2.05) is 48.5 Å². The van der Waals surface area contributed by atoms with E-state index in [-0.39, 0.29) is 18.4 Å². The zero-order chi connectivity index (χ0) is 23.4. The molecule has 0 atom stereocenters. The van der Waals surface area contributed by atoms with Gasteiger partial charge in [-0.3, -0.25) is 14.5 Å². The molecule has 168 valence electrons. The highest BCUT2D eigenvalue weighted by molar-refractivity contribution is 8.26. The van der Waals surface area contributed by atoms with Crippen LogP contribution in [0.5, 0.6) is 5.75 Å². The molecule has 1 fully saturated rings. The molecule has 10 heteroatoms. The van der Waals surface area contributed by atoms with Crippen LogP contribution in [0.25, 0.3) is 6.08 Å². The maximum absolute atomic E-state index is 12.8. The lowest BCUT2D eigenvalue weighted by Gasteiger charge is -2.13. The number of benzene rings is 2.